The molecular weight excluding hydrogens is 348 g/mol. The Hall–Kier alpha value is -2.61. The highest BCUT2D eigenvalue weighted by Gasteiger charge is 2.25. The molecule has 0 aliphatic heterocycles. The topological polar surface area (TPSA) is 85.6 Å². The summed E-state index contributed by atoms with van der Waals surface area (Å²) in [5.41, 5.74) is 2.18. The third-order valence-electron chi connectivity index (χ3n) is 4.67. The van der Waals surface area contributed by atoms with Gasteiger partial charge in [-0.3, -0.25) is 4.79 Å². The van der Waals surface area contributed by atoms with E-state index in [4.69, 9.17) is 0 Å². The third kappa shape index (κ3) is 3.65. The molecule has 7 nitrogen and oxygen atoms in total. The van der Waals surface area contributed by atoms with Crippen LogP contribution in [0.5, 0.6) is 0 Å². The second-order valence-corrected chi connectivity index (χ2v) is 7.81. The Kier molecular flexibility index (Phi) is 4.75. The van der Waals surface area contributed by atoms with Gasteiger partial charge in [0.05, 0.1) is 5.69 Å². The van der Waals surface area contributed by atoms with Crippen molar-refractivity contribution >= 4 is 22.4 Å². The van der Waals surface area contributed by atoms with E-state index < -0.39 is 6.04 Å². The van der Waals surface area contributed by atoms with E-state index in [2.05, 4.69) is 32.7 Å². The van der Waals surface area contributed by atoms with Crippen molar-refractivity contribution in [3.8, 4) is 0 Å². The van der Waals surface area contributed by atoms with E-state index in [1.165, 1.54) is 15.9 Å². The molecule has 1 amide bonds. The second-order valence-electron chi connectivity index (χ2n) is 6.72. The molecule has 3 aromatic rings. The number of fused-ring (bicyclic) bond motifs is 1. The number of hydrogen-bond acceptors (Lipinski definition) is 6. The molecule has 1 N–H and O–H groups in total. The molecule has 1 aromatic carbocycles. The Morgan fingerprint density at radius 1 is 1.38 bits per heavy atom. The lowest BCUT2D eigenvalue weighted by atomic mass is 9.93. The second kappa shape index (κ2) is 7.33. The van der Waals surface area contributed by atoms with Gasteiger partial charge in [-0.2, -0.15) is 0 Å². The summed E-state index contributed by atoms with van der Waals surface area (Å²) in [6.45, 7) is 2.26. The maximum Gasteiger partial charge on any atom is 0.251 e. The summed E-state index contributed by atoms with van der Waals surface area (Å²) in [5, 5.41) is 14.9. The third-order valence-corrected chi connectivity index (χ3v) is 5.71. The van der Waals surface area contributed by atoms with Crippen molar-refractivity contribution in [2.45, 2.75) is 38.6 Å². The molecule has 2 atom stereocenters. The fourth-order valence-corrected chi connectivity index (χ4v) is 4.41. The molecule has 0 bridgehead atoms. The van der Waals surface area contributed by atoms with Gasteiger partial charge in [0.2, 0.25) is 0 Å². The number of aromatic nitrogens is 5. The van der Waals surface area contributed by atoms with Crippen molar-refractivity contribution in [3.05, 3.63) is 52.8 Å². The smallest absolute Gasteiger partial charge is 0.251 e. The molecule has 1 aliphatic carbocycles. The van der Waals surface area contributed by atoms with Crippen molar-refractivity contribution in [3.63, 3.8) is 0 Å². The molecule has 1 aliphatic rings. The van der Waals surface area contributed by atoms with Crippen LogP contribution in [-0.2, 0) is 24.1 Å². The van der Waals surface area contributed by atoms with Crippen LogP contribution in [0, 0.1) is 5.92 Å². The Labute approximate surface area is 155 Å². The van der Waals surface area contributed by atoms with Crippen molar-refractivity contribution in [2.24, 2.45) is 5.92 Å². The molecule has 0 unspecified atom stereocenters. The number of amides is 1. The number of nitrogens with zero attached hydrogens (tertiary/aromatic N) is 5. The van der Waals surface area contributed by atoms with Gasteiger partial charge in [0.25, 0.3) is 5.91 Å². The van der Waals surface area contributed by atoms with E-state index in [1.807, 2.05) is 30.3 Å². The highest BCUT2D eigenvalue weighted by Crippen LogP contribution is 2.32. The monoisotopic (exact) mass is 368 g/mol. The van der Waals surface area contributed by atoms with Crippen molar-refractivity contribution in [2.75, 3.05) is 5.32 Å². The Bertz CT molecular complexity index is 876. The van der Waals surface area contributed by atoms with Crippen LogP contribution in [0.15, 0.2) is 36.7 Å². The lowest BCUT2D eigenvalue weighted by Gasteiger charge is -2.15. The van der Waals surface area contributed by atoms with E-state index in [1.54, 1.807) is 11.3 Å². The largest absolute Gasteiger partial charge is 0.300 e. The number of benzene rings is 1. The van der Waals surface area contributed by atoms with E-state index in [-0.39, 0.29) is 5.91 Å². The van der Waals surface area contributed by atoms with E-state index in [0.717, 1.165) is 30.5 Å². The molecule has 8 heteroatoms. The quantitative estimate of drug-likeness (QED) is 0.748. The van der Waals surface area contributed by atoms with Crippen LogP contribution in [0.25, 0.3) is 0 Å². The van der Waals surface area contributed by atoms with Crippen LogP contribution in [0.4, 0.5) is 5.13 Å². The van der Waals surface area contributed by atoms with Gasteiger partial charge in [0.15, 0.2) is 5.13 Å². The highest BCUT2D eigenvalue weighted by atomic mass is 32.1. The summed E-state index contributed by atoms with van der Waals surface area (Å²) in [7, 11) is 0. The van der Waals surface area contributed by atoms with Crippen LogP contribution >= 0.6 is 11.3 Å². The van der Waals surface area contributed by atoms with Gasteiger partial charge in [-0.1, -0.05) is 37.3 Å². The normalized spacial score (nSPS) is 17.5. The molecule has 134 valence electrons. The number of anilines is 1. The zero-order chi connectivity index (χ0) is 17.9. The first-order chi connectivity index (χ1) is 12.7. The van der Waals surface area contributed by atoms with E-state index in [9.17, 15) is 4.79 Å². The number of tetrazole rings is 1. The standard InChI is InChI=1S/C18H20N6OS/c1-12-7-8-14-16(9-12)26-18(20-14)21-17(25)15(24-11-19-22-23-24)10-13-5-3-2-4-6-13/h2-6,11-12,15H,7-10H2,1H3,(H,20,21,25)/t12-,15-/m0/s1. The lowest BCUT2D eigenvalue weighted by Crippen LogP contribution is -2.28. The SMILES string of the molecule is C[C@H]1CCc2nc(NC(=O)[C@H](Cc3ccccc3)n3cnnn3)sc2C1. The number of carbonyl (C=O) groups excluding carboxylic acids is 1. The van der Waals surface area contributed by atoms with Crippen molar-refractivity contribution in [1.29, 1.82) is 0 Å². The average Bonchev–Trinajstić information content (AvgIpc) is 3.29. The number of carbonyl (C=O) groups is 1. The number of rotatable bonds is 5. The summed E-state index contributed by atoms with van der Waals surface area (Å²) in [6.07, 6.45) is 5.18. The highest BCUT2D eigenvalue weighted by molar-refractivity contribution is 7.15. The van der Waals surface area contributed by atoms with Gasteiger partial charge in [-0.05, 0) is 41.2 Å². The Morgan fingerprint density at radius 2 is 2.23 bits per heavy atom. The lowest BCUT2D eigenvalue weighted by molar-refractivity contribution is -0.119. The minimum absolute atomic E-state index is 0.153. The first-order valence-electron chi connectivity index (χ1n) is 8.75. The maximum atomic E-state index is 12.9. The van der Waals surface area contributed by atoms with Gasteiger partial charge in [0, 0.05) is 11.3 Å². The number of thiazole rings is 1. The van der Waals surface area contributed by atoms with Crippen LogP contribution in [0.1, 0.15) is 35.5 Å². The molecule has 2 aromatic heterocycles. The van der Waals surface area contributed by atoms with Crippen LogP contribution in [0.3, 0.4) is 0 Å². The predicted molar refractivity (Wildman–Crippen MR) is 98.9 cm³/mol. The maximum absolute atomic E-state index is 12.9. The number of nitrogens with one attached hydrogen (secondary N) is 1. The molecule has 0 saturated heterocycles. The van der Waals surface area contributed by atoms with Crippen LogP contribution in [0.2, 0.25) is 0 Å². The molecule has 2 heterocycles. The Morgan fingerprint density at radius 3 is 3.00 bits per heavy atom. The zero-order valence-corrected chi connectivity index (χ0v) is 15.3. The molecule has 26 heavy (non-hydrogen) atoms. The first kappa shape index (κ1) is 16.8. The summed E-state index contributed by atoms with van der Waals surface area (Å²) in [5.74, 6) is 0.527. The summed E-state index contributed by atoms with van der Waals surface area (Å²) >= 11 is 1.58. The molecule has 0 radical (unpaired) electrons. The molecule has 0 saturated carbocycles. The van der Waals surface area contributed by atoms with Crippen molar-refractivity contribution < 1.29 is 4.79 Å². The summed E-state index contributed by atoms with van der Waals surface area (Å²) in [6, 6.07) is 9.34. The van der Waals surface area contributed by atoms with Crippen LogP contribution < -0.4 is 5.32 Å². The van der Waals surface area contributed by atoms with Gasteiger partial charge in [-0.25, -0.2) is 9.67 Å². The number of aryl methyl sites for hydroxylation is 1. The zero-order valence-electron chi connectivity index (χ0n) is 14.5. The van der Waals surface area contributed by atoms with Crippen molar-refractivity contribution in [1.82, 2.24) is 25.2 Å². The van der Waals surface area contributed by atoms with E-state index in [0.29, 0.717) is 17.5 Å². The van der Waals surface area contributed by atoms with Crippen LogP contribution in [-0.4, -0.2) is 31.1 Å². The fraction of sp³-hybridized carbons (Fsp3) is 0.389. The summed E-state index contributed by atoms with van der Waals surface area (Å²) in [4.78, 5) is 18.8. The molecule has 4 rings (SSSR count). The van der Waals surface area contributed by atoms with Gasteiger partial charge < -0.3 is 5.32 Å². The summed E-state index contributed by atoms with van der Waals surface area (Å²) < 4.78 is 1.50. The minimum Gasteiger partial charge on any atom is -0.300 e. The Balaban J connectivity index is 1.53. The molecule has 0 spiro atoms. The first-order valence-corrected chi connectivity index (χ1v) is 9.56. The van der Waals surface area contributed by atoms with Gasteiger partial charge in [0.1, 0.15) is 12.4 Å². The predicted octanol–water partition coefficient (Wildman–Crippen LogP) is 2.68. The van der Waals surface area contributed by atoms with E-state index >= 15 is 0 Å². The minimum atomic E-state index is -0.521. The van der Waals surface area contributed by atoms with Gasteiger partial charge >= 0.3 is 0 Å². The number of hydrogen-bond donors (Lipinski definition) is 1. The molecule has 0 fully saturated rings. The van der Waals surface area contributed by atoms with Gasteiger partial charge in [-0.15, -0.1) is 16.4 Å². The molecular formula is C18H20N6OS. The fourth-order valence-electron chi connectivity index (χ4n) is 3.24. The average molecular weight is 368 g/mol.